The van der Waals surface area contributed by atoms with E-state index in [-0.39, 0.29) is 22.6 Å². The number of aryl methyl sites for hydroxylation is 1. The van der Waals surface area contributed by atoms with E-state index in [1.165, 1.54) is 17.8 Å². The summed E-state index contributed by atoms with van der Waals surface area (Å²) in [6.07, 6.45) is 4.22. The molecule has 2 aromatic rings. The van der Waals surface area contributed by atoms with Crippen LogP contribution in [0.3, 0.4) is 0 Å². The van der Waals surface area contributed by atoms with Crippen molar-refractivity contribution in [2.75, 3.05) is 10.7 Å². The van der Waals surface area contributed by atoms with Crippen molar-refractivity contribution < 1.29 is 13.2 Å². The number of aromatic nitrogens is 2. The first-order valence-corrected chi connectivity index (χ1v) is 10.5. The minimum Gasteiger partial charge on any atom is -0.326 e. The Balaban J connectivity index is 1.78. The molecule has 7 nitrogen and oxygen atoms in total. The minimum absolute atomic E-state index is 0.0229. The second kappa shape index (κ2) is 6.81. The van der Waals surface area contributed by atoms with Gasteiger partial charge in [-0.3, -0.25) is 4.79 Å². The van der Waals surface area contributed by atoms with Gasteiger partial charge in [-0.1, -0.05) is 11.8 Å². The summed E-state index contributed by atoms with van der Waals surface area (Å²) in [7, 11) is -3.75. The zero-order valence-corrected chi connectivity index (χ0v) is 15.7. The molecule has 0 radical (unpaired) electrons. The maximum atomic E-state index is 12.7. The predicted molar refractivity (Wildman–Crippen MR) is 97.1 cm³/mol. The number of primary sulfonamides is 1. The molecule has 3 rings (SSSR count). The van der Waals surface area contributed by atoms with Crippen LogP contribution in [0, 0.1) is 0 Å². The number of sulfonamides is 1. The second-order valence-electron chi connectivity index (χ2n) is 5.94. The topological polar surface area (TPSA) is 98.3 Å². The maximum Gasteiger partial charge on any atom is 0.238 e. The highest BCUT2D eigenvalue weighted by molar-refractivity contribution is 7.99. The van der Waals surface area contributed by atoms with Crippen molar-refractivity contribution >= 4 is 33.4 Å². The van der Waals surface area contributed by atoms with E-state index in [9.17, 15) is 13.2 Å². The minimum atomic E-state index is -3.75. The first-order valence-electron chi connectivity index (χ1n) is 7.93. The van der Waals surface area contributed by atoms with Crippen molar-refractivity contribution in [2.45, 2.75) is 42.9 Å². The largest absolute Gasteiger partial charge is 0.326 e. The molecule has 1 aliphatic heterocycles. The molecular weight excluding hydrogens is 360 g/mol. The zero-order chi connectivity index (χ0) is 18.2. The first-order chi connectivity index (χ1) is 11.8. The van der Waals surface area contributed by atoms with Gasteiger partial charge in [0.05, 0.1) is 10.6 Å². The van der Waals surface area contributed by atoms with Gasteiger partial charge in [0.2, 0.25) is 15.9 Å². The van der Waals surface area contributed by atoms with Crippen molar-refractivity contribution in [2.24, 2.45) is 5.14 Å². The lowest BCUT2D eigenvalue weighted by molar-refractivity contribution is -0.116. The summed E-state index contributed by atoms with van der Waals surface area (Å²) in [5.41, 5.74) is 1.58. The molecule has 0 saturated carbocycles. The molecule has 0 spiro atoms. The SMILES string of the molecule is CCn1ccnc1SCC(=O)N1c2ccc(S(N)(=O)=O)cc2CC1C. The number of amides is 1. The number of carbonyl (C=O) groups excluding carboxylic acids is 1. The molecule has 9 heteroatoms. The fourth-order valence-corrected chi connectivity index (χ4v) is 4.48. The average molecular weight is 380 g/mol. The van der Waals surface area contributed by atoms with Gasteiger partial charge in [0.25, 0.3) is 0 Å². The third-order valence-corrected chi connectivity index (χ3v) is 6.11. The zero-order valence-electron chi connectivity index (χ0n) is 14.0. The number of anilines is 1. The van der Waals surface area contributed by atoms with Crippen LogP contribution in [0.4, 0.5) is 5.69 Å². The van der Waals surface area contributed by atoms with Crippen LogP contribution >= 0.6 is 11.8 Å². The van der Waals surface area contributed by atoms with Crippen molar-refractivity contribution in [1.82, 2.24) is 9.55 Å². The summed E-state index contributed by atoms with van der Waals surface area (Å²) >= 11 is 1.40. The summed E-state index contributed by atoms with van der Waals surface area (Å²) in [5, 5.41) is 6.00. The first kappa shape index (κ1) is 18.0. The Morgan fingerprint density at radius 2 is 2.20 bits per heavy atom. The average Bonchev–Trinajstić information content (AvgIpc) is 3.13. The van der Waals surface area contributed by atoms with E-state index in [2.05, 4.69) is 4.98 Å². The van der Waals surface area contributed by atoms with Crippen molar-refractivity contribution in [3.8, 4) is 0 Å². The molecule has 25 heavy (non-hydrogen) atoms. The number of benzene rings is 1. The fourth-order valence-electron chi connectivity index (χ4n) is 3.04. The standard InChI is InChI=1S/C16H20N4O3S2/c1-3-19-7-6-18-16(19)24-10-15(21)20-11(2)8-12-9-13(25(17,22)23)4-5-14(12)20/h4-7,9,11H,3,8,10H2,1-2H3,(H2,17,22,23). The molecule has 1 unspecified atom stereocenters. The predicted octanol–water partition coefficient (Wildman–Crippen LogP) is 1.62. The third kappa shape index (κ3) is 3.58. The van der Waals surface area contributed by atoms with Crippen molar-refractivity contribution in [1.29, 1.82) is 0 Å². The third-order valence-electron chi connectivity index (χ3n) is 4.21. The van der Waals surface area contributed by atoms with Crippen molar-refractivity contribution in [3.05, 3.63) is 36.2 Å². The molecule has 0 fully saturated rings. The van der Waals surface area contributed by atoms with Crippen LogP contribution < -0.4 is 10.0 Å². The Kier molecular flexibility index (Phi) is 4.90. The van der Waals surface area contributed by atoms with E-state index in [1.54, 1.807) is 23.2 Å². The highest BCUT2D eigenvalue weighted by Gasteiger charge is 2.31. The number of thioether (sulfide) groups is 1. The van der Waals surface area contributed by atoms with Gasteiger partial charge in [0.1, 0.15) is 0 Å². The molecular formula is C16H20N4O3S2. The Labute approximate surface area is 151 Å². The number of nitrogens with zero attached hydrogens (tertiary/aromatic N) is 3. The lowest BCUT2D eigenvalue weighted by Crippen LogP contribution is -2.37. The van der Waals surface area contributed by atoms with Gasteiger partial charge >= 0.3 is 0 Å². The van der Waals surface area contributed by atoms with Gasteiger partial charge in [-0.2, -0.15) is 0 Å². The van der Waals surface area contributed by atoms with Gasteiger partial charge in [0.15, 0.2) is 5.16 Å². The molecule has 0 aliphatic carbocycles. The quantitative estimate of drug-likeness (QED) is 0.795. The number of carbonyl (C=O) groups is 1. The summed E-state index contributed by atoms with van der Waals surface area (Å²) in [6.45, 7) is 4.78. The van der Waals surface area contributed by atoms with E-state index in [4.69, 9.17) is 5.14 Å². The van der Waals surface area contributed by atoms with E-state index >= 15 is 0 Å². The van der Waals surface area contributed by atoms with Gasteiger partial charge < -0.3 is 9.47 Å². The number of rotatable bonds is 5. The van der Waals surface area contributed by atoms with Gasteiger partial charge in [-0.25, -0.2) is 18.5 Å². The summed E-state index contributed by atoms with van der Waals surface area (Å²) in [4.78, 5) is 18.8. The highest BCUT2D eigenvalue weighted by Crippen LogP contribution is 2.34. The molecule has 0 saturated heterocycles. The van der Waals surface area contributed by atoms with Gasteiger partial charge in [0, 0.05) is 30.7 Å². The number of hydrogen-bond donors (Lipinski definition) is 1. The van der Waals surface area contributed by atoms with Gasteiger partial charge in [-0.05, 0) is 44.0 Å². The Morgan fingerprint density at radius 1 is 1.44 bits per heavy atom. The molecule has 1 aromatic carbocycles. The summed E-state index contributed by atoms with van der Waals surface area (Å²) < 4.78 is 25.0. The van der Waals surface area contributed by atoms with Crippen LogP contribution in [0.5, 0.6) is 0 Å². The smallest absolute Gasteiger partial charge is 0.238 e. The van der Waals surface area contributed by atoms with E-state index in [0.29, 0.717) is 6.42 Å². The normalized spacial score (nSPS) is 16.9. The molecule has 2 heterocycles. The number of imidazole rings is 1. The molecule has 2 N–H and O–H groups in total. The fraction of sp³-hybridized carbons (Fsp3) is 0.375. The summed E-state index contributed by atoms with van der Waals surface area (Å²) in [6, 6.07) is 4.65. The lowest BCUT2D eigenvalue weighted by atomic mass is 10.1. The highest BCUT2D eigenvalue weighted by atomic mass is 32.2. The van der Waals surface area contributed by atoms with E-state index in [1.807, 2.05) is 24.6 Å². The lowest BCUT2D eigenvalue weighted by Gasteiger charge is -2.22. The monoisotopic (exact) mass is 380 g/mol. The van der Waals surface area contributed by atoms with E-state index in [0.717, 1.165) is 23.0 Å². The number of fused-ring (bicyclic) bond motifs is 1. The van der Waals surface area contributed by atoms with E-state index < -0.39 is 10.0 Å². The molecule has 1 aliphatic rings. The Morgan fingerprint density at radius 3 is 2.88 bits per heavy atom. The maximum absolute atomic E-state index is 12.7. The van der Waals surface area contributed by atoms with Gasteiger partial charge in [-0.15, -0.1) is 0 Å². The number of nitrogens with two attached hydrogens (primary N) is 1. The molecule has 1 atom stereocenters. The van der Waals surface area contributed by atoms with Crippen LogP contribution in [0.2, 0.25) is 0 Å². The van der Waals surface area contributed by atoms with Crippen LogP contribution in [0.15, 0.2) is 40.6 Å². The molecule has 1 amide bonds. The Bertz CT molecular complexity index is 908. The molecule has 1 aromatic heterocycles. The number of hydrogen-bond acceptors (Lipinski definition) is 5. The van der Waals surface area contributed by atoms with Crippen molar-refractivity contribution in [3.63, 3.8) is 0 Å². The van der Waals surface area contributed by atoms with Crippen LogP contribution in [0.1, 0.15) is 19.4 Å². The van der Waals surface area contributed by atoms with Crippen LogP contribution in [-0.4, -0.2) is 35.7 Å². The van der Waals surface area contributed by atoms with Crippen LogP contribution in [0.25, 0.3) is 0 Å². The Hall–Kier alpha value is -1.84. The molecule has 134 valence electrons. The summed E-state index contributed by atoms with van der Waals surface area (Å²) in [5.74, 6) is 0.253. The second-order valence-corrected chi connectivity index (χ2v) is 8.44. The molecule has 0 bridgehead atoms. The van der Waals surface area contributed by atoms with Crippen LogP contribution in [-0.2, 0) is 27.8 Å².